The van der Waals surface area contributed by atoms with E-state index in [2.05, 4.69) is 0 Å². The first-order valence-corrected chi connectivity index (χ1v) is 9.09. The maximum absolute atomic E-state index is 11.3. The van der Waals surface area contributed by atoms with Gasteiger partial charge in [0.1, 0.15) is 0 Å². The van der Waals surface area contributed by atoms with E-state index in [1.807, 2.05) is 0 Å². The number of fused-ring (bicyclic) bond motifs is 5. The summed E-state index contributed by atoms with van der Waals surface area (Å²) in [4.78, 5) is 20.9. The van der Waals surface area contributed by atoms with Crippen molar-refractivity contribution >= 4 is 11.4 Å². The maximum Gasteiger partial charge on any atom is 0.281 e. The Morgan fingerprint density at radius 2 is 1.68 bits per heavy atom. The highest BCUT2D eigenvalue weighted by Gasteiger charge is 2.82. The van der Waals surface area contributed by atoms with Crippen LogP contribution >= 0.6 is 0 Å². The zero-order valence-corrected chi connectivity index (χ0v) is 13.5. The summed E-state index contributed by atoms with van der Waals surface area (Å²) in [5.41, 5.74) is -0.0427. The van der Waals surface area contributed by atoms with Gasteiger partial charge in [-0.1, -0.05) is 0 Å². The Morgan fingerprint density at radius 3 is 2.44 bits per heavy atom. The molecule has 1 aromatic carbocycles. The number of rotatable bonds is 5. The molecule has 0 N–H and O–H groups in total. The molecule has 0 unspecified atom stereocenters. The molecule has 5 saturated carbocycles. The Kier molecular flexibility index (Phi) is 2.49. The topological polar surface area (TPSA) is 95.5 Å². The Labute approximate surface area is 143 Å². The van der Waals surface area contributed by atoms with Gasteiger partial charge in [-0.05, 0) is 66.3 Å². The van der Waals surface area contributed by atoms with Crippen LogP contribution in [0.1, 0.15) is 18.4 Å². The van der Waals surface area contributed by atoms with Crippen LogP contribution in [0.25, 0.3) is 0 Å². The molecule has 0 aromatic heterocycles. The summed E-state index contributed by atoms with van der Waals surface area (Å²) < 4.78 is 6.16. The van der Waals surface area contributed by atoms with E-state index in [1.165, 1.54) is 18.6 Å². The molecule has 7 heteroatoms. The van der Waals surface area contributed by atoms with Crippen molar-refractivity contribution in [3.63, 3.8) is 0 Å². The Bertz CT molecular complexity index is 826. The molecule has 0 aliphatic heterocycles. The van der Waals surface area contributed by atoms with Crippen LogP contribution in [0, 0.1) is 67.6 Å². The van der Waals surface area contributed by atoms with Gasteiger partial charge in [0.25, 0.3) is 11.4 Å². The molecule has 7 nitrogen and oxygen atoms in total. The van der Waals surface area contributed by atoms with Gasteiger partial charge in [-0.15, -0.1) is 0 Å². The van der Waals surface area contributed by atoms with Crippen LogP contribution in [0.3, 0.4) is 0 Å². The summed E-state index contributed by atoms with van der Waals surface area (Å²) >= 11 is 0. The summed E-state index contributed by atoms with van der Waals surface area (Å²) in [6, 6.07) is 3.82. The summed E-state index contributed by atoms with van der Waals surface area (Å²) in [5.74, 6) is 7.11. The van der Waals surface area contributed by atoms with E-state index in [0.29, 0.717) is 11.5 Å². The molecule has 130 valence electrons. The van der Waals surface area contributed by atoms with Gasteiger partial charge in [-0.2, -0.15) is 0 Å². The van der Waals surface area contributed by atoms with Gasteiger partial charge in [0.15, 0.2) is 0 Å². The summed E-state index contributed by atoms with van der Waals surface area (Å²) in [6.45, 7) is 0.172. The molecule has 0 saturated heterocycles. The minimum Gasteiger partial charge on any atom is -0.373 e. The van der Waals surface area contributed by atoms with Crippen LogP contribution in [0.4, 0.5) is 11.4 Å². The molecule has 0 bridgehead atoms. The minimum atomic E-state index is -0.608. The van der Waals surface area contributed by atoms with Crippen LogP contribution in [0.2, 0.25) is 0 Å². The lowest BCUT2D eigenvalue weighted by atomic mass is 9.43. The Hall–Kier alpha value is -2.02. The van der Waals surface area contributed by atoms with E-state index in [0.717, 1.165) is 53.9 Å². The number of benzene rings is 1. The molecule has 5 aliphatic carbocycles. The predicted molar refractivity (Wildman–Crippen MR) is 85.5 cm³/mol. The van der Waals surface area contributed by atoms with Crippen molar-refractivity contribution in [2.45, 2.75) is 25.6 Å². The first-order chi connectivity index (χ1) is 12.1. The smallest absolute Gasteiger partial charge is 0.281 e. The average Bonchev–Trinajstić information content (AvgIpc) is 3.24. The van der Waals surface area contributed by atoms with E-state index >= 15 is 0 Å². The highest BCUT2D eigenvalue weighted by Crippen LogP contribution is 2.85. The van der Waals surface area contributed by atoms with Crippen LogP contribution in [0.15, 0.2) is 18.2 Å². The molecule has 0 radical (unpaired) electrons. The van der Waals surface area contributed by atoms with E-state index < -0.39 is 9.85 Å². The van der Waals surface area contributed by atoms with Gasteiger partial charge in [0.05, 0.1) is 34.2 Å². The lowest BCUT2D eigenvalue weighted by Gasteiger charge is -2.61. The first kappa shape index (κ1) is 14.2. The van der Waals surface area contributed by atoms with Gasteiger partial charge < -0.3 is 4.74 Å². The monoisotopic (exact) mass is 342 g/mol. The highest BCUT2D eigenvalue weighted by molar-refractivity contribution is 5.48. The zero-order chi connectivity index (χ0) is 17.0. The fraction of sp³-hybridized carbons (Fsp3) is 0.667. The van der Waals surface area contributed by atoms with Crippen LogP contribution in [-0.2, 0) is 11.3 Å². The van der Waals surface area contributed by atoms with E-state index in [-0.39, 0.29) is 24.1 Å². The molecular formula is C18H18N2O5. The van der Waals surface area contributed by atoms with Crippen molar-refractivity contribution < 1.29 is 14.6 Å². The third-order valence-electron chi connectivity index (χ3n) is 7.95. The first-order valence-electron chi connectivity index (χ1n) is 9.09. The summed E-state index contributed by atoms with van der Waals surface area (Å²) in [5, 5.41) is 22.1. The van der Waals surface area contributed by atoms with Gasteiger partial charge in [-0.3, -0.25) is 20.2 Å². The molecule has 5 fully saturated rings. The molecule has 0 spiro atoms. The Balaban J connectivity index is 1.21. The second-order valence-electron chi connectivity index (χ2n) is 8.53. The van der Waals surface area contributed by atoms with E-state index in [4.69, 9.17) is 4.74 Å². The zero-order valence-electron chi connectivity index (χ0n) is 13.5. The fourth-order valence-corrected chi connectivity index (χ4v) is 7.23. The molecule has 5 aliphatic rings. The molecular weight excluding hydrogens is 324 g/mol. The summed E-state index contributed by atoms with van der Waals surface area (Å²) in [6.07, 6.45) is 2.75. The van der Waals surface area contributed by atoms with Crippen molar-refractivity contribution in [3.05, 3.63) is 44.0 Å². The van der Waals surface area contributed by atoms with Crippen molar-refractivity contribution in [1.29, 1.82) is 0 Å². The molecule has 6 rings (SSSR count). The van der Waals surface area contributed by atoms with Crippen LogP contribution in [-0.4, -0.2) is 16.0 Å². The third kappa shape index (κ3) is 1.60. The van der Waals surface area contributed by atoms with Gasteiger partial charge >= 0.3 is 0 Å². The number of nitrogens with zero attached hydrogens (tertiary/aromatic N) is 2. The van der Waals surface area contributed by atoms with Crippen LogP contribution in [0.5, 0.6) is 0 Å². The third-order valence-corrected chi connectivity index (χ3v) is 7.95. The lowest BCUT2D eigenvalue weighted by Crippen LogP contribution is -2.59. The molecule has 0 amide bonds. The fourth-order valence-electron chi connectivity index (χ4n) is 7.23. The van der Waals surface area contributed by atoms with Gasteiger partial charge in [0.2, 0.25) is 0 Å². The second-order valence-corrected chi connectivity index (χ2v) is 8.53. The lowest BCUT2D eigenvalue weighted by molar-refractivity contribution is -0.394. The Morgan fingerprint density at radius 1 is 0.920 bits per heavy atom. The average molecular weight is 342 g/mol. The maximum atomic E-state index is 11.3. The molecule has 0 heterocycles. The number of ether oxygens (including phenoxy) is 1. The van der Waals surface area contributed by atoms with Crippen LogP contribution < -0.4 is 0 Å². The number of hydrogen-bond donors (Lipinski definition) is 0. The van der Waals surface area contributed by atoms with E-state index in [1.54, 1.807) is 0 Å². The molecule has 9 atom stereocenters. The quantitative estimate of drug-likeness (QED) is 0.605. The van der Waals surface area contributed by atoms with Crippen molar-refractivity contribution in [3.8, 4) is 0 Å². The minimum absolute atomic E-state index is 0.172. The standard InChI is InChI=1S/C18H18N2O5/c21-19(22)8-2-1-7(12(3-8)20(23)24)6-25-13-5-11-14-9-4-10(9)15-17(13)16(11)18(14)15/h1-3,9-11,13-18H,4-6H2/t9-,10+,11-,13-,14-,15-,16-,17-,18+/m1/s1. The largest absolute Gasteiger partial charge is 0.373 e. The van der Waals surface area contributed by atoms with Gasteiger partial charge in [0, 0.05) is 6.07 Å². The molecule has 25 heavy (non-hydrogen) atoms. The second kappa shape index (κ2) is 4.38. The number of non-ortho nitro benzene ring substituents is 1. The number of hydrogen-bond acceptors (Lipinski definition) is 5. The predicted octanol–water partition coefficient (Wildman–Crippen LogP) is 3.17. The summed E-state index contributed by atoms with van der Waals surface area (Å²) in [7, 11) is 0. The van der Waals surface area contributed by atoms with E-state index in [9.17, 15) is 20.2 Å². The van der Waals surface area contributed by atoms with Crippen molar-refractivity contribution in [2.24, 2.45) is 47.3 Å². The normalized spacial score (nSPS) is 46.6. The van der Waals surface area contributed by atoms with Crippen molar-refractivity contribution in [1.82, 2.24) is 0 Å². The molecule has 1 aromatic rings. The van der Waals surface area contributed by atoms with Crippen molar-refractivity contribution in [2.75, 3.05) is 0 Å². The number of nitro groups is 2. The number of nitro benzene ring substituents is 2. The highest BCUT2D eigenvalue weighted by atomic mass is 16.6. The SMILES string of the molecule is O=[N+]([O-])c1ccc(CO[C@@H]2C[C@@H]3[C@H]4[C@@H]5C[C@@H]5[C@H]5[C@H]4[C@H]3[C@@H]52)c([N+](=O)[O-])c1. The van der Waals surface area contributed by atoms with Gasteiger partial charge in [-0.25, -0.2) is 0 Å².